The molecule has 1 N–H and O–H groups in total. The van der Waals surface area contributed by atoms with Crippen molar-refractivity contribution >= 4 is 23.4 Å². The molecule has 0 saturated carbocycles. The summed E-state index contributed by atoms with van der Waals surface area (Å²) in [5, 5.41) is 9.65. The van der Waals surface area contributed by atoms with Crippen molar-refractivity contribution in [3.8, 4) is 5.75 Å². The van der Waals surface area contributed by atoms with E-state index in [0.717, 1.165) is 0 Å². The summed E-state index contributed by atoms with van der Waals surface area (Å²) in [4.78, 5) is 22.9. The van der Waals surface area contributed by atoms with Gasteiger partial charge in [0.15, 0.2) is 5.78 Å². The highest BCUT2D eigenvalue weighted by Crippen LogP contribution is 2.22. The summed E-state index contributed by atoms with van der Waals surface area (Å²) in [6.07, 6.45) is -0.0790. The second-order valence-electron chi connectivity index (χ2n) is 3.37. The fraction of sp³-hybridized carbons (Fsp3) is 0.333. The Morgan fingerprint density at radius 3 is 2.71 bits per heavy atom. The van der Waals surface area contributed by atoms with Gasteiger partial charge in [-0.2, -0.15) is 0 Å². The zero-order chi connectivity index (χ0) is 12.8. The second kappa shape index (κ2) is 6.25. The molecule has 0 bridgehead atoms. The summed E-state index contributed by atoms with van der Waals surface area (Å²) in [6.45, 7) is 1.92. The maximum atomic E-state index is 11.6. The van der Waals surface area contributed by atoms with Crippen LogP contribution in [-0.4, -0.2) is 29.3 Å². The van der Waals surface area contributed by atoms with Crippen molar-refractivity contribution in [1.29, 1.82) is 0 Å². The quantitative estimate of drug-likeness (QED) is 0.646. The summed E-state index contributed by atoms with van der Waals surface area (Å²) in [6, 6.07) is 4.45. The number of benzene rings is 1. The Morgan fingerprint density at radius 2 is 2.12 bits per heavy atom. The molecule has 0 aliphatic heterocycles. The molecule has 0 unspecified atom stereocenters. The number of hydrogen-bond donors (Lipinski definition) is 1. The number of ketones is 1. The van der Waals surface area contributed by atoms with Crippen molar-refractivity contribution in [2.24, 2.45) is 0 Å². The molecular formula is C12H13ClO4. The van der Waals surface area contributed by atoms with Crippen molar-refractivity contribution in [2.75, 3.05) is 12.5 Å². The van der Waals surface area contributed by atoms with Crippen LogP contribution in [0.5, 0.6) is 5.75 Å². The van der Waals surface area contributed by atoms with Crippen LogP contribution in [-0.2, 0) is 16.0 Å². The summed E-state index contributed by atoms with van der Waals surface area (Å²) in [7, 11) is 0. The van der Waals surface area contributed by atoms with Crippen LogP contribution in [0.25, 0.3) is 0 Å². The van der Waals surface area contributed by atoms with E-state index < -0.39 is 5.97 Å². The molecule has 0 atom stereocenters. The molecular weight excluding hydrogens is 244 g/mol. The Kier molecular flexibility index (Phi) is 4.97. The van der Waals surface area contributed by atoms with Gasteiger partial charge in [-0.25, -0.2) is 4.79 Å². The first-order valence-corrected chi connectivity index (χ1v) is 5.69. The lowest BCUT2D eigenvalue weighted by Crippen LogP contribution is -2.12. The number of Topliss-reactive ketones (excluding diaryl/α,β-unsaturated/α-hetero) is 1. The average molecular weight is 257 g/mol. The standard InChI is InChI=1S/C12H13ClO4/c1-2-17-12(16)9-4-3-5-11(15)10(9)6-8(14)7-13/h3-5,15H,2,6-7H2,1H3. The topological polar surface area (TPSA) is 63.6 Å². The molecule has 17 heavy (non-hydrogen) atoms. The van der Waals surface area contributed by atoms with Gasteiger partial charge in [0.1, 0.15) is 5.75 Å². The van der Waals surface area contributed by atoms with Gasteiger partial charge in [0, 0.05) is 12.0 Å². The predicted molar refractivity (Wildman–Crippen MR) is 63.5 cm³/mol. The van der Waals surface area contributed by atoms with Gasteiger partial charge in [0.25, 0.3) is 0 Å². The normalized spacial score (nSPS) is 10.0. The Labute approximate surface area is 104 Å². The van der Waals surface area contributed by atoms with Gasteiger partial charge < -0.3 is 9.84 Å². The van der Waals surface area contributed by atoms with Gasteiger partial charge >= 0.3 is 5.97 Å². The number of ether oxygens (including phenoxy) is 1. The lowest BCUT2D eigenvalue weighted by Gasteiger charge is -2.09. The van der Waals surface area contributed by atoms with Crippen molar-refractivity contribution in [3.63, 3.8) is 0 Å². The van der Waals surface area contributed by atoms with Crippen LogP contribution in [0.2, 0.25) is 0 Å². The smallest absolute Gasteiger partial charge is 0.338 e. The first-order chi connectivity index (χ1) is 8.10. The van der Waals surface area contributed by atoms with Gasteiger partial charge in [-0.1, -0.05) is 6.07 Å². The molecule has 92 valence electrons. The minimum atomic E-state index is -0.555. The highest BCUT2D eigenvalue weighted by atomic mass is 35.5. The van der Waals surface area contributed by atoms with E-state index in [1.807, 2.05) is 0 Å². The molecule has 1 aromatic carbocycles. The maximum absolute atomic E-state index is 11.6. The first-order valence-electron chi connectivity index (χ1n) is 5.15. The molecule has 0 fully saturated rings. The monoisotopic (exact) mass is 256 g/mol. The molecule has 0 saturated heterocycles. The van der Waals surface area contributed by atoms with Crippen LogP contribution >= 0.6 is 11.6 Å². The highest BCUT2D eigenvalue weighted by molar-refractivity contribution is 6.27. The number of rotatable bonds is 5. The minimum absolute atomic E-state index is 0.0790. The van der Waals surface area contributed by atoms with Crippen LogP contribution in [0.3, 0.4) is 0 Å². The molecule has 0 aliphatic rings. The lowest BCUT2D eigenvalue weighted by molar-refractivity contribution is -0.116. The summed E-state index contributed by atoms with van der Waals surface area (Å²) < 4.78 is 4.84. The van der Waals surface area contributed by atoms with Crippen LogP contribution in [0.15, 0.2) is 18.2 Å². The molecule has 4 nitrogen and oxygen atoms in total. The Balaban J connectivity index is 3.08. The molecule has 0 aromatic heterocycles. The minimum Gasteiger partial charge on any atom is -0.508 e. The van der Waals surface area contributed by atoms with Gasteiger partial charge in [-0.15, -0.1) is 11.6 Å². The molecule has 0 radical (unpaired) electrons. The Morgan fingerprint density at radius 1 is 1.41 bits per heavy atom. The van der Waals surface area contributed by atoms with E-state index in [9.17, 15) is 14.7 Å². The molecule has 0 amide bonds. The van der Waals surface area contributed by atoms with Gasteiger partial charge in [-0.05, 0) is 19.1 Å². The van der Waals surface area contributed by atoms with Crippen molar-refractivity contribution in [3.05, 3.63) is 29.3 Å². The highest BCUT2D eigenvalue weighted by Gasteiger charge is 2.17. The van der Waals surface area contributed by atoms with Crippen molar-refractivity contribution < 1.29 is 19.4 Å². The number of halogens is 1. The van der Waals surface area contributed by atoms with E-state index in [2.05, 4.69) is 0 Å². The number of aromatic hydroxyl groups is 1. The first kappa shape index (κ1) is 13.5. The lowest BCUT2D eigenvalue weighted by atomic mass is 10.0. The van der Waals surface area contributed by atoms with E-state index in [-0.39, 0.29) is 41.6 Å². The molecule has 0 aliphatic carbocycles. The van der Waals surface area contributed by atoms with Gasteiger partial charge in [-0.3, -0.25) is 4.79 Å². The molecule has 0 heterocycles. The number of carbonyl (C=O) groups excluding carboxylic acids is 2. The number of hydrogen-bond acceptors (Lipinski definition) is 4. The Bertz CT molecular complexity index is 429. The van der Waals surface area contributed by atoms with E-state index in [1.165, 1.54) is 18.2 Å². The van der Waals surface area contributed by atoms with Gasteiger partial charge in [0.2, 0.25) is 0 Å². The van der Waals surface area contributed by atoms with Gasteiger partial charge in [0.05, 0.1) is 18.1 Å². The summed E-state index contributed by atoms with van der Waals surface area (Å²) in [5.74, 6) is -1.08. The number of phenols is 1. The van der Waals surface area contributed by atoms with E-state index in [4.69, 9.17) is 16.3 Å². The molecule has 5 heteroatoms. The third-order valence-corrected chi connectivity index (χ3v) is 2.47. The second-order valence-corrected chi connectivity index (χ2v) is 3.64. The zero-order valence-corrected chi connectivity index (χ0v) is 10.2. The summed E-state index contributed by atoms with van der Waals surface area (Å²) >= 11 is 5.40. The fourth-order valence-electron chi connectivity index (χ4n) is 1.40. The zero-order valence-electron chi connectivity index (χ0n) is 9.40. The maximum Gasteiger partial charge on any atom is 0.338 e. The largest absolute Gasteiger partial charge is 0.508 e. The van der Waals surface area contributed by atoms with Crippen LogP contribution in [0.4, 0.5) is 0 Å². The van der Waals surface area contributed by atoms with Crippen molar-refractivity contribution in [2.45, 2.75) is 13.3 Å². The third kappa shape index (κ3) is 3.46. The molecule has 1 rings (SSSR count). The van der Waals surface area contributed by atoms with Crippen LogP contribution in [0.1, 0.15) is 22.8 Å². The molecule has 0 spiro atoms. The number of esters is 1. The predicted octanol–water partition coefficient (Wildman–Crippen LogP) is 1.92. The molecule has 1 aromatic rings. The van der Waals surface area contributed by atoms with E-state index >= 15 is 0 Å². The summed E-state index contributed by atoms with van der Waals surface area (Å²) in [5.41, 5.74) is 0.460. The average Bonchev–Trinajstić information content (AvgIpc) is 2.31. The number of phenolic OH excluding ortho intramolecular Hbond substituents is 1. The van der Waals surface area contributed by atoms with Crippen molar-refractivity contribution in [1.82, 2.24) is 0 Å². The van der Waals surface area contributed by atoms with E-state index in [1.54, 1.807) is 6.92 Å². The van der Waals surface area contributed by atoms with Crippen LogP contribution < -0.4 is 0 Å². The number of carbonyl (C=O) groups is 2. The number of alkyl halides is 1. The fourth-order valence-corrected chi connectivity index (χ4v) is 1.50. The van der Waals surface area contributed by atoms with Crippen LogP contribution in [0, 0.1) is 0 Å². The third-order valence-electron chi connectivity index (χ3n) is 2.17. The van der Waals surface area contributed by atoms with E-state index in [0.29, 0.717) is 0 Å². The Hall–Kier alpha value is -1.55. The SMILES string of the molecule is CCOC(=O)c1cccc(O)c1CC(=O)CCl.